The minimum absolute atomic E-state index is 0.0551. The largest absolute Gasteiger partial charge is 0.328 e. The number of carbonyl (C=O) groups is 1. The Morgan fingerprint density at radius 3 is 2.54 bits per heavy atom. The van der Waals surface area contributed by atoms with Crippen LogP contribution in [0.2, 0.25) is 0 Å². The molecule has 2 rings (SSSR count). The number of hydrogen-bond acceptors (Lipinski definition) is 1. The van der Waals surface area contributed by atoms with Crippen LogP contribution in [0.15, 0.2) is 67.3 Å². The molecule has 0 fully saturated rings. The summed E-state index contributed by atoms with van der Waals surface area (Å²) in [5.41, 5.74) is 1.47. The fourth-order valence-electron chi connectivity index (χ4n) is 2.27. The summed E-state index contributed by atoms with van der Waals surface area (Å²) in [5, 5.41) is 0. The van der Waals surface area contributed by atoms with Crippen LogP contribution in [0.5, 0.6) is 0 Å². The molecule has 2 aromatic rings. The van der Waals surface area contributed by atoms with Gasteiger partial charge in [0.25, 0.3) is 0 Å². The standard InChI is InChI=1S/C21H20FNO/c1-2-16-23(17-8-11-18-9-4-3-5-10-18)21(24)15-14-19-12-6-7-13-20(19)22/h2-7,9-10,12-13H,1,14-17H2. The third-order valence-electron chi connectivity index (χ3n) is 3.54. The van der Waals surface area contributed by atoms with Crippen LogP contribution in [0, 0.1) is 17.7 Å². The van der Waals surface area contributed by atoms with E-state index >= 15 is 0 Å². The molecule has 1 amide bonds. The summed E-state index contributed by atoms with van der Waals surface area (Å²) in [5.74, 6) is 5.71. The first-order valence-corrected chi connectivity index (χ1v) is 7.86. The lowest BCUT2D eigenvalue weighted by atomic mass is 10.1. The van der Waals surface area contributed by atoms with Gasteiger partial charge in [-0.2, -0.15) is 0 Å². The van der Waals surface area contributed by atoms with Crippen molar-refractivity contribution < 1.29 is 9.18 Å². The third-order valence-corrected chi connectivity index (χ3v) is 3.54. The van der Waals surface area contributed by atoms with Gasteiger partial charge in [0.2, 0.25) is 5.91 Å². The number of aryl methyl sites for hydroxylation is 1. The van der Waals surface area contributed by atoms with Crippen molar-refractivity contribution in [3.63, 3.8) is 0 Å². The Morgan fingerprint density at radius 2 is 1.83 bits per heavy atom. The smallest absolute Gasteiger partial charge is 0.223 e. The highest BCUT2D eigenvalue weighted by molar-refractivity contribution is 5.77. The summed E-state index contributed by atoms with van der Waals surface area (Å²) in [4.78, 5) is 14.0. The highest BCUT2D eigenvalue weighted by Gasteiger charge is 2.12. The molecular weight excluding hydrogens is 301 g/mol. The monoisotopic (exact) mass is 321 g/mol. The molecule has 0 saturated heterocycles. The molecule has 0 saturated carbocycles. The normalized spacial score (nSPS) is 9.71. The topological polar surface area (TPSA) is 20.3 Å². The van der Waals surface area contributed by atoms with Crippen LogP contribution in [0.3, 0.4) is 0 Å². The molecule has 2 nitrogen and oxygen atoms in total. The number of hydrogen-bond donors (Lipinski definition) is 0. The predicted molar refractivity (Wildman–Crippen MR) is 94.8 cm³/mol. The number of halogens is 1. The first kappa shape index (κ1) is 17.5. The second kappa shape index (κ2) is 9.32. The number of rotatable bonds is 6. The van der Waals surface area contributed by atoms with E-state index in [1.54, 1.807) is 29.2 Å². The van der Waals surface area contributed by atoms with Crippen LogP contribution in [-0.4, -0.2) is 23.9 Å². The quantitative estimate of drug-likeness (QED) is 0.585. The van der Waals surface area contributed by atoms with Gasteiger partial charge in [-0.05, 0) is 30.2 Å². The highest BCUT2D eigenvalue weighted by atomic mass is 19.1. The summed E-state index contributed by atoms with van der Waals surface area (Å²) in [6, 6.07) is 16.1. The molecule has 0 atom stereocenters. The molecule has 122 valence electrons. The Balaban J connectivity index is 1.94. The Labute approximate surface area is 142 Å². The van der Waals surface area contributed by atoms with Gasteiger partial charge >= 0.3 is 0 Å². The molecule has 0 unspecified atom stereocenters. The number of nitrogens with zero attached hydrogens (tertiary/aromatic N) is 1. The molecule has 0 aromatic heterocycles. The highest BCUT2D eigenvalue weighted by Crippen LogP contribution is 2.10. The molecule has 0 aliphatic carbocycles. The molecular formula is C21H20FNO. The van der Waals surface area contributed by atoms with Crippen LogP contribution < -0.4 is 0 Å². The van der Waals surface area contributed by atoms with Crippen molar-refractivity contribution in [2.45, 2.75) is 12.8 Å². The summed E-state index contributed by atoms with van der Waals surface area (Å²) >= 11 is 0. The van der Waals surface area contributed by atoms with Gasteiger partial charge in [-0.3, -0.25) is 4.79 Å². The van der Waals surface area contributed by atoms with Gasteiger partial charge in [-0.15, -0.1) is 6.58 Å². The van der Waals surface area contributed by atoms with Gasteiger partial charge in [0.05, 0.1) is 6.54 Å². The predicted octanol–water partition coefficient (Wildman–Crippen LogP) is 3.82. The van der Waals surface area contributed by atoms with Gasteiger partial charge in [0, 0.05) is 18.5 Å². The van der Waals surface area contributed by atoms with E-state index in [9.17, 15) is 9.18 Å². The lowest BCUT2D eigenvalue weighted by Gasteiger charge is -2.18. The minimum Gasteiger partial charge on any atom is -0.328 e. The van der Waals surface area contributed by atoms with Crippen LogP contribution in [0.25, 0.3) is 0 Å². The Kier molecular flexibility index (Phi) is 6.79. The minimum atomic E-state index is -0.274. The second-order valence-corrected chi connectivity index (χ2v) is 5.32. The van der Waals surface area contributed by atoms with Crippen molar-refractivity contribution >= 4 is 5.91 Å². The van der Waals surface area contributed by atoms with Crippen molar-refractivity contribution in [3.05, 3.63) is 84.2 Å². The fraction of sp³-hybridized carbons (Fsp3) is 0.190. The molecule has 0 aliphatic heterocycles. The zero-order chi connectivity index (χ0) is 17.2. The molecule has 0 heterocycles. The number of carbonyl (C=O) groups excluding carboxylic acids is 1. The summed E-state index contributed by atoms with van der Waals surface area (Å²) < 4.78 is 13.6. The number of benzene rings is 2. The van der Waals surface area contributed by atoms with E-state index in [0.29, 0.717) is 25.1 Å². The maximum Gasteiger partial charge on any atom is 0.223 e. The lowest BCUT2D eigenvalue weighted by molar-refractivity contribution is -0.130. The van der Waals surface area contributed by atoms with Crippen LogP contribution >= 0.6 is 0 Å². The Bertz CT molecular complexity index is 743. The molecule has 0 N–H and O–H groups in total. The zero-order valence-electron chi connectivity index (χ0n) is 13.5. The van der Waals surface area contributed by atoms with Crippen LogP contribution in [0.1, 0.15) is 17.5 Å². The zero-order valence-corrected chi connectivity index (χ0v) is 13.5. The molecule has 2 aromatic carbocycles. The summed E-state index contributed by atoms with van der Waals surface area (Å²) in [6.45, 7) is 4.44. The average Bonchev–Trinajstić information content (AvgIpc) is 2.61. The van der Waals surface area contributed by atoms with Gasteiger partial charge in [0.15, 0.2) is 0 Å². The average molecular weight is 321 g/mol. The van der Waals surface area contributed by atoms with Crippen molar-refractivity contribution in [2.24, 2.45) is 0 Å². The molecule has 0 aliphatic rings. The summed E-state index contributed by atoms with van der Waals surface area (Å²) in [7, 11) is 0. The molecule has 0 bridgehead atoms. The van der Waals surface area contributed by atoms with E-state index in [4.69, 9.17) is 0 Å². The van der Waals surface area contributed by atoms with E-state index < -0.39 is 0 Å². The van der Waals surface area contributed by atoms with Crippen molar-refractivity contribution in [1.82, 2.24) is 4.90 Å². The van der Waals surface area contributed by atoms with Crippen LogP contribution in [-0.2, 0) is 11.2 Å². The SMILES string of the molecule is C=CCN(CC#Cc1ccccc1)C(=O)CCc1ccccc1F. The summed E-state index contributed by atoms with van der Waals surface area (Å²) in [6.07, 6.45) is 2.30. The van der Waals surface area contributed by atoms with Gasteiger partial charge in [-0.1, -0.05) is 54.3 Å². The second-order valence-electron chi connectivity index (χ2n) is 5.32. The molecule has 0 radical (unpaired) electrons. The third kappa shape index (κ3) is 5.40. The maximum absolute atomic E-state index is 13.6. The molecule has 0 spiro atoms. The molecule has 3 heteroatoms. The Hall–Kier alpha value is -2.86. The fourth-order valence-corrected chi connectivity index (χ4v) is 2.27. The van der Waals surface area contributed by atoms with Crippen molar-refractivity contribution in [3.8, 4) is 11.8 Å². The first-order valence-electron chi connectivity index (χ1n) is 7.86. The van der Waals surface area contributed by atoms with E-state index in [2.05, 4.69) is 18.4 Å². The van der Waals surface area contributed by atoms with E-state index in [1.165, 1.54) is 6.07 Å². The number of amides is 1. The van der Waals surface area contributed by atoms with E-state index in [-0.39, 0.29) is 18.1 Å². The van der Waals surface area contributed by atoms with Gasteiger partial charge < -0.3 is 4.90 Å². The van der Waals surface area contributed by atoms with Crippen molar-refractivity contribution in [2.75, 3.05) is 13.1 Å². The van der Waals surface area contributed by atoms with Gasteiger partial charge in [0.1, 0.15) is 5.82 Å². The maximum atomic E-state index is 13.6. The lowest BCUT2D eigenvalue weighted by Crippen LogP contribution is -2.31. The molecule has 24 heavy (non-hydrogen) atoms. The van der Waals surface area contributed by atoms with Gasteiger partial charge in [-0.25, -0.2) is 4.39 Å². The van der Waals surface area contributed by atoms with Crippen LogP contribution in [0.4, 0.5) is 4.39 Å². The first-order chi connectivity index (χ1) is 11.7. The van der Waals surface area contributed by atoms with Crippen molar-refractivity contribution in [1.29, 1.82) is 0 Å². The van der Waals surface area contributed by atoms with E-state index in [0.717, 1.165) is 5.56 Å². The van der Waals surface area contributed by atoms with E-state index in [1.807, 2.05) is 30.3 Å². The Morgan fingerprint density at radius 1 is 1.12 bits per heavy atom.